The highest BCUT2D eigenvalue weighted by Gasteiger charge is 2.35. The Balaban J connectivity index is 2.80. The topological polar surface area (TPSA) is 76.1 Å². The number of ether oxygens (including phenoxy) is 1. The summed E-state index contributed by atoms with van der Waals surface area (Å²) in [6, 6.07) is 1.31. The number of anilines is 2. The molecular formula is C10H13F3N4O2. The fourth-order valence-corrected chi connectivity index (χ4v) is 1.19. The van der Waals surface area contributed by atoms with Crippen molar-refractivity contribution in [3.05, 3.63) is 11.9 Å². The molecule has 1 aromatic heterocycles. The van der Waals surface area contributed by atoms with Crippen LogP contribution < -0.4 is 10.6 Å². The molecule has 19 heavy (non-hydrogen) atoms. The number of alkyl halides is 3. The molecule has 0 amide bonds. The first kappa shape index (κ1) is 15.0. The van der Waals surface area contributed by atoms with E-state index < -0.39 is 18.0 Å². The van der Waals surface area contributed by atoms with Crippen molar-refractivity contribution in [3.8, 4) is 0 Å². The van der Waals surface area contributed by atoms with Gasteiger partial charge in [-0.2, -0.15) is 13.2 Å². The van der Waals surface area contributed by atoms with Gasteiger partial charge in [0, 0.05) is 19.7 Å². The molecule has 6 nitrogen and oxygen atoms in total. The number of hydrogen-bond acceptors (Lipinski definition) is 6. The molecule has 0 atom stereocenters. The van der Waals surface area contributed by atoms with E-state index in [-0.39, 0.29) is 24.6 Å². The molecule has 2 N–H and O–H groups in total. The van der Waals surface area contributed by atoms with Crippen LogP contribution >= 0.6 is 0 Å². The van der Waals surface area contributed by atoms with Crippen LogP contribution in [0.5, 0.6) is 0 Å². The van der Waals surface area contributed by atoms with Crippen molar-refractivity contribution in [2.75, 3.05) is 31.3 Å². The van der Waals surface area contributed by atoms with Gasteiger partial charge in [0.1, 0.15) is 11.6 Å². The van der Waals surface area contributed by atoms with Gasteiger partial charge in [-0.3, -0.25) is 4.79 Å². The van der Waals surface area contributed by atoms with E-state index in [1.807, 2.05) is 0 Å². The first-order chi connectivity index (χ1) is 8.86. The molecule has 1 aromatic rings. The van der Waals surface area contributed by atoms with Crippen LogP contribution in [-0.4, -0.2) is 36.6 Å². The molecule has 0 aromatic carbocycles. The van der Waals surface area contributed by atoms with E-state index in [2.05, 4.69) is 25.3 Å². The van der Waals surface area contributed by atoms with Gasteiger partial charge in [0.25, 0.3) is 0 Å². The van der Waals surface area contributed by atoms with Gasteiger partial charge in [0.05, 0.1) is 13.5 Å². The normalized spacial score (nSPS) is 11.0. The number of nitrogens with one attached hydrogen (secondary N) is 2. The molecule has 0 saturated heterocycles. The van der Waals surface area contributed by atoms with Gasteiger partial charge >= 0.3 is 12.1 Å². The van der Waals surface area contributed by atoms with Crippen molar-refractivity contribution in [2.45, 2.75) is 12.6 Å². The molecule has 0 aliphatic heterocycles. The highest BCUT2D eigenvalue weighted by molar-refractivity contribution is 5.69. The number of nitrogens with zero attached hydrogens (tertiary/aromatic N) is 2. The first-order valence-corrected chi connectivity index (χ1v) is 5.31. The van der Waals surface area contributed by atoms with E-state index >= 15 is 0 Å². The minimum absolute atomic E-state index is 0.0180. The molecule has 0 spiro atoms. The van der Waals surface area contributed by atoms with Crippen molar-refractivity contribution in [1.29, 1.82) is 0 Å². The van der Waals surface area contributed by atoms with Crippen molar-refractivity contribution >= 4 is 17.6 Å². The molecule has 0 fully saturated rings. The van der Waals surface area contributed by atoms with E-state index in [1.54, 1.807) is 0 Å². The number of carbonyl (C=O) groups excluding carboxylic acids is 1. The molecule has 0 unspecified atom stereocenters. The Labute approximate surface area is 107 Å². The lowest BCUT2D eigenvalue weighted by atomic mass is 10.4. The highest BCUT2D eigenvalue weighted by atomic mass is 19.4. The maximum atomic E-state index is 12.5. The molecule has 0 bridgehead atoms. The van der Waals surface area contributed by atoms with E-state index in [1.165, 1.54) is 20.2 Å². The van der Waals surface area contributed by atoms with Crippen LogP contribution in [0.1, 0.15) is 12.2 Å². The standard InChI is InChI=1S/C10H13F3N4O2/c1-14-6-5-7(15-4-3-8(18)19-2)17-9(16-6)10(11,12)13/h5H,3-4H2,1-2H3,(H2,14,15,16,17). The fraction of sp³-hybridized carbons (Fsp3) is 0.500. The SMILES string of the molecule is CNc1cc(NCCC(=O)OC)nc(C(F)(F)F)n1. The number of hydrogen-bond donors (Lipinski definition) is 2. The van der Waals surface area contributed by atoms with Gasteiger partial charge in [-0.15, -0.1) is 0 Å². The quantitative estimate of drug-likeness (QED) is 0.795. The number of esters is 1. The Kier molecular flexibility index (Phi) is 4.90. The molecule has 9 heteroatoms. The third-order valence-electron chi connectivity index (χ3n) is 2.10. The largest absolute Gasteiger partial charge is 0.469 e. The molecule has 0 aliphatic rings. The number of methoxy groups -OCH3 is 1. The lowest BCUT2D eigenvalue weighted by molar-refractivity contribution is -0.145. The van der Waals surface area contributed by atoms with Crippen molar-refractivity contribution in [3.63, 3.8) is 0 Å². The zero-order valence-electron chi connectivity index (χ0n) is 10.3. The van der Waals surface area contributed by atoms with Gasteiger partial charge in [0.15, 0.2) is 0 Å². The van der Waals surface area contributed by atoms with Gasteiger partial charge in [-0.05, 0) is 0 Å². The minimum atomic E-state index is -4.63. The zero-order chi connectivity index (χ0) is 14.5. The Hall–Kier alpha value is -2.06. The summed E-state index contributed by atoms with van der Waals surface area (Å²) >= 11 is 0. The Morgan fingerprint density at radius 3 is 2.53 bits per heavy atom. The number of rotatable bonds is 5. The predicted octanol–water partition coefficient (Wildman–Crippen LogP) is 1.51. The van der Waals surface area contributed by atoms with Crippen LogP contribution in [0.15, 0.2) is 6.07 Å². The molecule has 106 valence electrons. The second-order valence-electron chi connectivity index (χ2n) is 3.46. The van der Waals surface area contributed by atoms with Crippen LogP contribution in [-0.2, 0) is 15.7 Å². The lowest BCUT2D eigenvalue weighted by Crippen LogP contribution is -2.16. The second kappa shape index (κ2) is 6.21. The molecule has 1 rings (SSSR count). The monoisotopic (exact) mass is 278 g/mol. The number of carbonyl (C=O) groups is 1. The van der Waals surface area contributed by atoms with Gasteiger partial charge in [-0.1, -0.05) is 0 Å². The van der Waals surface area contributed by atoms with Crippen molar-refractivity contribution in [2.24, 2.45) is 0 Å². The zero-order valence-corrected chi connectivity index (χ0v) is 10.3. The third-order valence-corrected chi connectivity index (χ3v) is 2.10. The summed E-state index contributed by atoms with van der Waals surface area (Å²) in [6.07, 6.45) is -4.61. The fourth-order valence-electron chi connectivity index (χ4n) is 1.19. The van der Waals surface area contributed by atoms with Gasteiger partial charge in [-0.25, -0.2) is 9.97 Å². The van der Waals surface area contributed by atoms with Crippen LogP contribution in [0.2, 0.25) is 0 Å². The Morgan fingerprint density at radius 2 is 2.00 bits per heavy atom. The van der Waals surface area contributed by atoms with E-state index in [4.69, 9.17) is 0 Å². The predicted molar refractivity (Wildman–Crippen MR) is 61.7 cm³/mol. The third kappa shape index (κ3) is 4.60. The summed E-state index contributed by atoms with van der Waals surface area (Å²) in [4.78, 5) is 17.5. The summed E-state index contributed by atoms with van der Waals surface area (Å²) in [6.45, 7) is 0.115. The summed E-state index contributed by atoms with van der Waals surface area (Å²) in [5.41, 5.74) is 0. The number of halogens is 3. The lowest BCUT2D eigenvalue weighted by Gasteiger charge is -2.11. The van der Waals surface area contributed by atoms with Crippen molar-refractivity contribution < 1.29 is 22.7 Å². The van der Waals surface area contributed by atoms with Crippen LogP contribution in [0, 0.1) is 0 Å². The van der Waals surface area contributed by atoms with E-state index in [9.17, 15) is 18.0 Å². The van der Waals surface area contributed by atoms with E-state index in [0.717, 1.165) is 0 Å². The minimum Gasteiger partial charge on any atom is -0.469 e. The van der Waals surface area contributed by atoms with Crippen LogP contribution in [0.3, 0.4) is 0 Å². The second-order valence-corrected chi connectivity index (χ2v) is 3.46. The van der Waals surface area contributed by atoms with Gasteiger partial charge < -0.3 is 15.4 Å². The summed E-state index contributed by atoms with van der Waals surface area (Å²) in [5.74, 6) is -1.70. The van der Waals surface area contributed by atoms with Crippen LogP contribution in [0.4, 0.5) is 24.8 Å². The average molecular weight is 278 g/mol. The maximum absolute atomic E-state index is 12.5. The maximum Gasteiger partial charge on any atom is 0.451 e. The van der Waals surface area contributed by atoms with Gasteiger partial charge in [0.2, 0.25) is 5.82 Å². The first-order valence-electron chi connectivity index (χ1n) is 5.31. The highest BCUT2D eigenvalue weighted by Crippen LogP contribution is 2.28. The summed E-state index contributed by atoms with van der Waals surface area (Å²) in [5, 5.41) is 5.11. The van der Waals surface area contributed by atoms with Crippen LogP contribution in [0.25, 0.3) is 0 Å². The smallest absolute Gasteiger partial charge is 0.451 e. The summed E-state index contributed by atoms with van der Waals surface area (Å²) < 4.78 is 42.0. The Morgan fingerprint density at radius 1 is 1.37 bits per heavy atom. The Bertz CT molecular complexity index is 451. The molecule has 0 aliphatic carbocycles. The molecular weight excluding hydrogens is 265 g/mol. The molecule has 0 saturated carbocycles. The van der Waals surface area contributed by atoms with Crippen molar-refractivity contribution in [1.82, 2.24) is 9.97 Å². The average Bonchev–Trinajstić information content (AvgIpc) is 2.37. The van der Waals surface area contributed by atoms with E-state index in [0.29, 0.717) is 0 Å². The summed E-state index contributed by atoms with van der Waals surface area (Å²) in [7, 11) is 2.68. The number of aromatic nitrogens is 2. The molecule has 1 heterocycles. The molecule has 0 radical (unpaired) electrons.